The number of carbonyl (C=O) groups excluding carboxylic acids is 1. The maximum Gasteiger partial charge on any atom is 0.394 e. The van der Waals surface area contributed by atoms with Crippen molar-refractivity contribution in [1.82, 2.24) is 24.9 Å². The molecule has 2 amide bonds. The largest absolute Gasteiger partial charge is 0.481 e. The van der Waals surface area contributed by atoms with Crippen LogP contribution in [0.5, 0.6) is 0 Å². The van der Waals surface area contributed by atoms with Gasteiger partial charge < -0.3 is 15.3 Å². The predicted octanol–water partition coefficient (Wildman–Crippen LogP) is 1.39. The van der Waals surface area contributed by atoms with Crippen LogP contribution in [0.2, 0.25) is 0 Å². The van der Waals surface area contributed by atoms with Crippen LogP contribution in [-0.4, -0.2) is 61.3 Å². The molecule has 1 aliphatic heterocycles. The quantitative estimate of drug-likeness (QED) is 0.844. The number of carboxylic acid groups (broad SMARTS) is 1. The number of rotatable bonds is 3. The van der Waals surface area contributed by atoms with E-state index >= 15 is 0 Å². The van der Waals surface area contributed by atoms with Crippen LogP contribution >= 0.6 is 0 Å². The van der Waals surface area contributed by atoms with E-state index in [4.69, 9.17) is 5.11 Å². The monoisotopic (exact) mass is 370 g/mol. The maximum atomic E-state index is 13.0. The van der Waals surface area contributed by atoms with Crippen LogP contribution in [0.15, 0.2) is 30.7 Å². The smallest absolute Gasteiger partial charge is 0.394 e. The van der Waals surface area contributed by atoms with Gasteiger partial charge in [-0.1, -0.05) is 0 Å². The number of anilines is 1. The Balaban J connectivity index is 1.67. The third-order valence-corrected chi connectivity index (χ3v) is 3.97. The Morgan fingerprint density at radius 2 is 1.88 bits per heavy atom. The summed E-state index contributed by atoms with van der Waals surface area (Å²) in [7, 11) is 0. The summed E-state index contributed by atoms with van der Waals surface area (Å²) >= 11 is 0. The van der Waals surface area contributed by atoms with E-state index < -0.39 is 43.1 Å². The lowest BCUT2D eigenvalue weighted by Crippen LogP contribution is -2.35. The van der Waals surface area contributed by atoms with Gasteiger partial charge in [-0.3, -0.25) is 4.79 Å². The lowest BCUT2D eigenvalue weighted by molar-refractivity contribution is -0.187. The molecule has 2 aromatic heterocycles. The van der Waals surface area contributed by atoms with Gasteiger partial charge in [0.05, 0.1) is 36.1 Å². The first-order valence-electron chi connectivity index (χ1n) is 7.44. The molecule has 2 N–H and O–H groups in total. The molecule has 138 valence electrons. The summed E-state index contributed by atoms with van der Waals surface area (Å²) in [6.45, 7) is -1.23. The number of hydrogen-bond donors (Lipinski definition) is 2. The topological polar surface area (TPSA) is 113 Å². The summed E-state index contributed by atoms with van der Waals surface area (Å²) in [5, 5.41) is 19.1. The first-order chi connectivity index (χ1) is 12.3. The highest BCUT2D eigenvalue weighted by Gasteiger charge is 2.53. The minimum Gasteiger partial charge on any atom is -0.481 e. The zero-order valence-corrected chi connectivity index (χ0v) is 13.1. The number of aromatic nitrogens is 4. The number of likely N-dealkylation sites (tertiary alicyclic amines) is 1. The molecule has 0 aromatic carbocycles. The summed E-state index contributed by atoms with van der Waals surface area (Å²) in [5.74, 6) is -4.98. The van der Waals surface area contributed by atoms with Crippen molar-refractivity contribution in [1.29, 1.82) is 0 Å². The fourth-order valence-electron chi connectivity index (χ4n) is 2.67. The zero-order valence-electron chi connectivity index (χ0n) is 13.1. The second-order valence-electron chi connectivity index (χ2n) is 5.65. The molecule has 1 saturated heterocycles. The van der Waals surface area contributed by atoms with E-state index in [2.05, 4.69) is 20.5 Å². The van der Waals surface area contributed by atoms with Gasteiger partial charge in [-0.25, -0.2) is 9.78 Å². The number of carbonyl (C=O) groups is 2. The van der Waals surface area contributed by atoms with Gasteiger partial charge in [0.25, 0.3) is 0 Å². The molecule has 12 heteroatoms. The van der Waals surface area contributed by atoms with Crippen LogP contribution in [-0.2, 0) is 4.79 Å². The van der Waals surface area contributed by atoms with Crippen LogP contribution in [0.1, 0.15) is 0 Å². The lowest BCUT2D eigenvalue weighted by Gasteiger charge is -2.18. The van der Waals surface area contributed by atoms with Crippen molar-refractivity contribution in [2.45, 2.75) is 6.18 Å². The van der Waals surface area contributed by atoms with Crippen molar-refractivity contribution in [3.63, 3.8) is 0 Å². The molecular formula is C14H13F3N6O3. The Hall–Kier alpha value is -3.18. The highest BCUT2D eigenvalue weighted by molar-refractivity contribution is 5.90. The van der Waals surface area contributed by atoms with Crippen LogP contribution < -0.4 is 5.32 Å². The van der Waals surface area contributed by atoms with E-state index in [1.54, 1.807) is 0 Å². The standard InChI is InChI=1S/C14H13F3N6O3/c15-14(16,17)10-7-22(6-9(10)12(24)25)13(26)21-8-1-2-11(18-5-8)23-19-3-4-20-23/h1-5,9-10H,6-7H2,(H,21,26)(H,24,25)/t9-,10-/m1/s1. The molecule has 0 spiro atoms. The zero-order chi connectivity index (χ0) is 18.9. The molecule has 26 heavy (non-hydrogen) atoms. The summed E-state index contributed by atoms with van der Waals surface area (Å²) in [6.07, 6.45) is -0.484. The third kappa shape index (κ3) is 3.58. The van der Waals surface area contributed by atoms with E-state index in [9.17, 15) is 22.8 Å². The molecular weight excluding hydrogens is 357 g/mol. The van der Waals surface area contributed by atoms with E-state index in [1.165, 1.54) is 35.5 Å². The average Bonchev–Trinajstić information content (AvgIpc) is 3.25. The van der Waals surface area contributed by atoms with Gasteiger partial charge in [0.2, 0.25) is 0 Å². The van der Waals surface area contributed by atoms with Gasteiger partial charge in [0.15, 0.2) is 5.82 Å². The Labute approximate surface area is 144 Å². The van der Waals surface area contributed by atoms with Crippen LogP contribution in [0, 0.1) is 11.8 Å². The van der Waals surface area contributed by atoms with Gasteiger partial charge in [0, 0.05) is 13.1 Å². The van der Waals surface area contributed by atoms with Crippen molar-refractivity contribution in [3.8, 4) is 5.82 Å². The van der Waals surface area contributed by atoms with Gasteiger partial charge in [-0.2, -0.15) is 23.4 Å². The predicted molar refractivity (Wildman–Crippen MR) is 80.4 cm³/mol. The maximum absolute atomic E-state index is 13.0. The molecule has 3 rings (SSSR count). The van der Waals surface area contributed by atoms with Crippen molar-refractivity contribution in [2.75, 3.05) is 18.4 Å². The van der Waals surface area contributed by atoms with E-state index in [-0.39, 0.29) is 5.69 Å². The number of nitrogens with zero attached hydrogens (tertiary/aromatic N) is 5. The average molecular weight is 370 g/mol. The number of aliphatic carboxylic acids is 1. The molecule has 0 radical (unpaired) electrons. The number of halogens is 3. The van der Waals surface area contributed by atoms with E-state index in [0.29, 0.717) is 5.82 Å². The van der Waals surface area contributed by atoms with Gasteiger partial charge in [-0.15, -0.1) is 4.80 Å². The van der Waals surface area contributed by atoms with Crippen LogP contribution in [0.3, 0.4) is 0 Å². The third-order valence-electron chi connectivity index (χ3n) is 3.97. The summed E-state index contributed by atoms with van der Waals surface area (Å²) in [5.41, 5.74) is 0.244. The number of carboxylic acids is 1. The molecule has 0 saturated carbocycles. The SMILES string of the molecule is O=C(O)[C@@H]1CN(C(=O)Nc2ccc(-n3nccn3)nc2)C[C@H]1C(F)(F)F. The Morgan fingerprint density at radius 1 is 1.19 bits per heavy atom. The molecule has 3 heterocycles. The first-order valence-corrected chi connectivity index (χ1v) is 7.44. The molecule has 1 aliphatic rings. The number of alkyl halides is 3. The molecule has 2 atom stereocenters. The van der Waals surface area contributed by atoms with Crippen molar-refractivity contribution in [3.05, 3.63) is 30.7 Å². The number of nitrogens with one attached hydrogen (secondary N) is 1. The molecule has 9 nitrogen and oxygen atoms in total. The minimum absolute atomic E-state index is 0.244. The fourth-order valence-corrected chi connectivity index (χ4v) is 2.67. The van der Waals surface area contributed by atoms with Crippen molar-refractivity contribution >= 4 is 17.7 Å². The van der Waals surface area contributed by atoms with Gasteiger partial charge in [0.1, 0.15) is 0 Å². The highest BCUT2D eigenvalue weighted by Crippen LogP contribution is 2.37. The molecule has 2 aromatic rings. The minimum atomic E-state index is -4.70. The number of urea groups is 1. The van der Waals surface area contributed by atoms with Crippen LogP contribution in [0.4, 0.5) is 23.7 Å². The molecule has 0 aliphatic carbocycles. The second-order valence-corrected chi connectivity index (χ2v) is 5.65. The van der Waals surface area contributed by atoms with Crippen molar-refractivity contribution in [2.24, 2.45) is 11.8 Å². The lowest BCUT2D eigenvalue weighted by atomic mass is 9.96. The number of amides is 2. The molecule has 1 fully saturated rings. The summed E-state index contributed by atoms with van der Waals surface area (Å²) in [6, 6.07) is 2.17. The Morgan fingerprint density at radius 3 is 2.38 bits per heavy atom. The first kappa shape index (κ1) is 17.6. The number of hydrogen-bond acceptors (Lipinski definition) is 5. The Kier molecular flexibility index (Phi) is 4.49. The van der Waals surface area contributed by atoms with E-state index in [0.717, 1.165) is 4.90 Å². The number of pyridine rings is 1. The second kappa shape index (κ2) is 6.61. The van der Waals surface area contributed by atoms with Crippen molar-refractivity contribution < 1.29 is 27.9 Å². The summed E-state index contributed by atoms with van der Waals surface area (Å²) < 4.78 is 38.9. The fraction of sp³-hybridized carbons (Fsp3) is 0.357. The highest BCUT2D eigenvalue weighted by atomic mass is 19.4. The van der Waals surface area contributed by atoms with Crippen LogP contribution in [0.25, 0.3) is 5.82 Å². The molecule has 0 bridgehead atoms. The van der Waals surface area contributed by atoms with Gasteiger partial charge in [-0.05, 0) is 12.1 Å². The van der Waals surface area contributed by atoms with Gasteiger partial charge >= 0.3 is 18.2 Å². The molecule has 0 unspecified atom stereocenters. The Bertz CT molecular complexity index is 793. The van der Waals surface area contributed by atoms with E-state index in [1.807, 2.05) is 0 Å². The normalized spacial score (nSPS) is 20.2. The summed E-state index contributed by atoms with van der Waals surface area (Å²) in [4.78, 5) is 29.3.